The maximum Gasteiger partial charge on any atom is 0.211 e. The lowest BCUT2D eigenvalue weighted by atomic mass is 9.33. The van der Waals surface area contributed by atoms with Gasteiger partial charge in [0.2, 0.25) is 5.79 Å². The molecular formula is C68H16O3. The maximum absolute atomic E-state index is 7.84. The van der Waals surface area contributed by atoms with Crippen LogP contribution in [0.25, 0.3) is 291 Å². The lowest BCUT2D eigenvalue weighted by Crippen LogP contribution is -2.87. The van der Waals surface area contributed by atoms with Crippen molar-refractivity contribution in [2.75, 3.05) is 19.8 Å². The van der Waals surface area contributed by atoms with Gasteiger partial charge in [0.1, 0.15) is 6.10 Å². The molecule has 1 fully saturated rings. The van der Waals surface area contributed by atoms with Gasteiger partial charge in [0, 0.05) is 19.8 Å². The Morgan fingerprint density at radius 3 is 0.563 bits per heavy atom. The van der Waals surface area contributed by atoms with E-state index in [0.717, 1.165) is 0 Å². The maximum atomic E-state index is 7.84. The topological polar surface area (TPSA) is 27.7 Å². The summed E-state index contributed by atoms with van der Waals surface area (Å²) in [5.41, 5.74) is 5.17. The number of ether oxygens (including phenoxy) is 3. The standard InChI is InChI=1S/C68H16O3/c1-4-69-65-66-61-53-45-35-25-17-9-7-8-11-15-13(9)21-29-23(15)33-27-19(11)20-12(8)16-14-10(7)18(17)26-32-22(14)30-24(16)34-28(20)38-37(27)49-43(33)51-41(29)47(39(45)31(21)25)55(61)57(51)63-59(49)60-50(38)44(34)52-42(30)48-40(32)46(36(26)35)54(53)62(66)56(48)58(52)64(60)67(63,66)68(65,70-5-2)71-6-3/h65H,4-6H2,1-3H3. The highest BCUT2D eigenvalue weighted by Gasteiger charge is 2.90. The van der Waals surface area contributed by atoms with Crippen molar-refractivity contribution in [3.05, 3.63) is 22.3 Å². The molecule has 3 nitrogen and oxygen atoms in total. The van der Waals surface area contributed by atoms with Gasteiger partial charge in [0.25, 0.3) is 0 Å². The molecule has 3 heteroatoms. The Morgan fingerprint density at radius 1 is 0.225 bits per heavy atom. The summed E-state index contributed by atoms with van der Waals surface area (Å²) in [6.45, 7) is 8.45. The Kier molecular flexibility index (Phi) is 2.44. The Balaban J connectivity index is 1.19. The second kappa shape index (κ2) is 6.27. The van der Waals surface area contributed by atoms with Crippen molar-refractivity contribution in [3.63, 3.8) is 0 Å². The minimum atomic E-state index is -1.05. The molecule has 0 radical (unpaired) electrons. The molecule has 28 aromatic rings. The fourth-order valence-electron chi connectivity index (χ4n) is 26.0. The summed E-state index contributed by atoms with van der Waals surface area (Å²) < 4.78 is 23.4. The Bertz CT molecular complexity index is 6980. The summed E-state index contributed by atoms with van der Waals surface area (Å²) in [7, 11) is 0. The van der Waals surface area contributed by atoms with Gasteiger partial charge in [-0.05, 0) is 334 Å². The van der Waals surface area contributed by atoms with Gasteiger partial charge < -0.3 is 14.2 Å². The van der Waals surface area contributed by atoms with Gasteiger partial charge in [-0.15, -0.1) is 0 Å². The molecule has 2 spiro atoms. The SMILES string of the molecule is CCOC1C(OCC)(OCC)C23c4c5c6c7c8c9c(c%10c%11c2c2c4c4c%12c5c5c6c6c8c8c%13c9c9c%10c%10c%11c%11c2c2c4c4c%12c%12c5c5c6c8c6c8c%13c9c9c%10c%10c%11c2c2c4c4c%12c5c6c5c8c9c%10c2c45)C713. The molecule has 0 amide bonds. The van der Waals surface area contributed by atoms with Crippen LogP contribution < -0.4 is 0 Å². The van der Waals surface area contributed by atoms with E-state index < -0.39 is 16.6 Å². The van der Waals surface area contributed by atoms with E-state index in [1.54, 1.807) is 313 Å². The zero-order chi connectivity index (χ0) is 42.8. The molecule has 0 saturated heterocycles. The van der Waals surface area contributed by atoms with Crippen molar-refractivity contribution >= 4 is 291 Å². The van der Waals surface area contributed by atoms with Crippen LogP contribution in [0.3, 0.4) is 0 Å². The quantitative estimate of drug-likeness (QED) is 0.123. The van der Waals surface area contributed by atoms with Gasteiger partial charge in [-0.3, -0.25) is 0 Å². The first-order valence-corrected chi connectivity index (χ1v) is 27.0. The zero-order valence-electron chi connectivity index (χ0n) is 37.4. The first-order chi connectivity index (χ1) is 35.3. The van der Waals surface area contributed by atoms with Gasteiger partial charge in [0.05, 0.1) is 10.8 Å². The zero-order valence-corrected chi connectivity index (χ0v) is 37.4. The van der Waals surface area contributed by atoms with E-state index in [9.17, 15) is 0 Å². The van der Waals surface area contributed by atoms with Gasteiger partial charge in [-0.1, -0.05) is 0 Å². The van der Waals surface area contributed by atoms with E-state index in [2.05, 4.69) is 20.8 Å². The van der Waals surface area contributed by atoms with Crippen LogP contribution in [0.15, 0.2) is 0 Å². The highest BCUT2D eigenvalue weighted by Crippen LogP contribution is 2.90. The third-order valence-corrected chi connectivity index (χ3v) is 25.7. The van der Waals surface area contributed by atoms with E-state index in [0.29, 0.717) is 19.8 Å². The summed E-state index contributed by atoms with van der Waals surface area (Å²) in [5.74, 6) is -1.05. The second-order valence-corrected chi connectivity index (χ2v) is 25.7. The predicted octanol–water partition coefficient (Wildman–Crippen LogP) is 17.5. The van der Waals surface area contributed by atoms with Crippen LogP contribution in [0.5, 0.6) is 0 Å². The monoisotopic (exact) mass is 880 g/mol. The van der Waals surface area contributed by atoms with Crippen molar-refractivity contribution in [1.29, 1.82) is 0 Å². The minimum Gasteiger partial charge on any atom is -0.371 e. The largest absolute Gasteiger partial charge is 0.371 e. The van der Waals surface area contributed by atoms with Crippen molar-refractivity contribution in [2.24, 2.45) is 0 Å². The number of hydrogen-bond donors (Lipinski definition) is 0. The average molecular weight is 881 g/mol. The van der Waals surface area contributed by atoms with Gasteiger partial charge in [-0.2, -0.15) is 0 Å². The fourth-order valence-corrected chi connectivity index (χ4v) is 26.0. The van der Waals surface area contributed by atoms with Crippen molar-refractivity contribution in [1.82, 2.24) is 0 Å². The van der Waals surface area contributed by atoms with Gasteiger partial charge in [-0.25, -0.2) is 0 Å². The second-order valence-electron chi connectivity index (χ2n) is 25.7. The smallest absolute Gasteiger partial charge is 0.211 e. The molecule has 0 aromatic heterocycles. The third-order valence-electron chi connectivity index (χ3n) is 25.7. The number of benzene rings is 18. The van der Waals surface area contributed by atoms with Crippen molar-refractivity contribution in [3.8, 4) is 0 Å². The summed E-state index contributed by atoms with van der Waals surface area (Å²) >= 11 is 0. The fraction of sp³-hybridized carbons (Fsp3) is 0.147. The molecule has 5 aliphatic rings. The number of hydrogen-bond acceptors (Lipinski definition) is 3. The lowest BCUT2D eigenvalue weighted by molar-refractivity contribution is -0.392. The molecule has 28 aromatic carbocycles. The molecule has 306 valence electrons. The summed E-state index contributed by atoms with van der Waals surface area (Å²) in [4.78, 5) is 0. The van der Waals surface area contributed by atoms with Crippen LogP contribution >= 0.6 is 0 Å². The van der Waals surface area contributed by atoms with Gasteiger partial charge in [0.15, 0.2) is 0 Å². The molecular weight excluding hydrogens is 865 g/mol. The lowest BCUT2D eigenvalue weighted by Gasteiger charge is -2.74. The summed E-state index contributed by atoms with van der Waals surface area (Å²) in [5, 5.41) is 87.1. The molecule has 0 heterocycles. The first-order valence-electron chi connectivity index (χ1n) is 27.0. The molecule has 1 saturated carbocycles. The molecule has 0 bridgehead atoms. The van der Waals surface area contributed by atoms with E-state index in [-0.39, 0.29) is 6.10 Å². The highest BCUT2D eigenvalue weighted by atomic mass is 16.7. The summed E-state index contributed by atoms with van der Waals surface area (Å²) in [6.07, 6.45) is -0.337. The Labute approximate surface area is 388 Å². The van der Waals surface area contributed by atoms with E-state index >= 15 is 0 Å². The minimum absolute atomic E-state index is 0.337. The highest BCUT2D eigenvalue weighted by molar-refractivity contribution is 6.82. The van der Waals surface area contributed by atoms with Crippen molar-refractivity contribution in [2.45, 2.75) is 43.5 Å². The molecule has 1 unspecified atom stereocenters. The predicted molar refractivity (Wildman–Crippen MR) is 295 cm³/mol. The van der Waals surface area contributed by atoms with E-state index in [1.807, 2.05) is 0 Å². The summed E-state index contributed by atoms with van der Waals surface area (Å²) in [6, 6.07) is 0. The normalized spacial score (nSPS) is 21.4. The van der Waals surface area contributed by atoms with Crippen LogP contribution in [0.4, 0.5) is 0 Å². The molecule has 0 aliphatic heterocycles. The molecule has 1 atom stereocenters. The van der Waals surface area contributed by atoms with Crippen LogP contribution in [-0.4, -0.2) is 31.7 Å². The van der Waals surface area contributed by atoms with Crippen LogP contribution in [-0.2, 0) is 25.0 Å². The van der Waals surface area contributed by atoms with Crippen LogP contribution in [0.1, 0.15) is 43.0 Å². The Hall–Kier alpha value is -7.66. The molecule has 71 heavy (non-hydrogen) atoms. The van der Waals surface area contributed by atoms with Crippen LogP contribution in [0, 0.1) is 0 Å². The average Bonchev–Trinajstić information content (AvgIpc) is 4.41. The van der Waals surface area contributed by atoms with Gasteiger partial charge >= 0.3 is 0 Å². The van der Waals surface area contributed by atoms with Crippen molar-refractivity contribution < 1.29 is 14.2 Å². The Morgan fingerprint density at radius 2 is 0.394 bits per heavy atom. The first kappa shape index (κ1) is 27.7. The van der Waals surface area contributed by atoms with Crippen LogP contribution in [0.2, 0.25) is 0 Å². The van der Waals surface area contributed by atoms with E-state index in [4.69, 9.17) is 14.2 Å². The third kappa shape index (κ3) is 1.44. The molecule has 0 N–H and O–H groups in total. The van der Waals surface area contributed by atoms with E-state index in [1.165, 1.54) is 0 Å². The number of rotatable bonds is 6. The molecule has 33 rings (SSSR count). The molecule has 5 aliphatic carbocycles.